The number of carbonyl (C=O) groups is 1. The molecule has 0 aliphatic carbocycles. The van der Waals surface area contributed by atoms with E-state index in [1.165, 1.54) is 5.56 Å². The van der Waals surface area contributed by atoms with E-state index < -0.39 is 0 Å². The molecule has 1 N–H and O–H groups in total. The highest BCUT2D eigenvalue weighted by Crippen LogP contribution is 2.40. The Morgan fingerprint density at radius 1 is 1.00 bits per heavy atom. The van der Waals surface area contributed by atoms with Gasteiger partial charge >= 0.3 is 0 Å². The minimum atomic E-state index is -0.318. The fraction of sp³-hybridized carbons (Fsp3) is 0.241. The number of anilines is 1. The average molecular weight is 470 g/mol. The molecule has 0 radical (unpaired) electrons. The monoisotopic (exact) mass is 469 g/mol. The van der Waals surface area contributed by atoms with Crippen molar-refractivity contribution in [2.24, 2.45) is 0 Å². The van der Waals surface area contributed by atoms with Crippen LogP contribution in [0.4, 0.5) is 5.69 Å². The Hall–Kier alpha value is -3.37. The summed E-state index contributed by atoms with van der Waals surface area (Å²) in [5.41, 5.74) is 4.99. The van der Waals surface area contributed by atoms with Crippen LogP contribution in [-0.4, -0.2) is 28.9 Å². The molecule has 0 unspecified atom stereocenters. The minimum absolute atomic E-state index is 0.178. The van der Waals surface area contributed by atoms with E-state index in [2.05, 4.69) is 47.6 Å². The van der Waals surface area contributed by atoms with Gasteiger partial charge in [0.25, 0.3) is 0 Å². The number of piperidine rings is 1. The summed E-state index contributed by atoms with van der Waals surface area (Å²) >= 11 is 6.54. The molecule has 0 spiro atoms. The molecule has 3 aromatic carbocycles. The number of halogens is 1. The Bertz CT molecular complexity index is 1310. The number of nitrogens with one attached hydrogen (secondary N) is 1. The molecule has 34 heavy (non-hydrogen) atoms. The van der Waals surface area contributed by atoms with E-state index >= 15 is 0 Å². The van der Waals surface area contributed by atoms with Gasteiger partial charge in [-0.15, -0.1) is 0 Å². The first kappa shape index (κ1) is 22.4. The molecule has 4 nitrogen and oxygen atoms in total. The SMILES string of the molecule is Cc1c(Cl)cccc1C1(Nc2ccc3cccnc3c2)CCN(C(=O)Cc2ccccc2)CC1. The fourth-order valence-electron chi connectivity index (χ4n) is 5.03. The number of carbonyl (C=O) groups excluding carboxylic acids is 1. The summed E-state index contributed by atoms with van der Waals surface area (Å²) in [6.45, 7) is 3.46. The van der Waals surface area contributed by atoms with E-state index in [1.807, 2.05) is 59.6 Å². The van der Waals surface area contributed by atoms with Crippen LogP contribution in [0.25, 0.3) is 10.9 Å². The molecule has 0 atom stereocenters. The van der Waals surface area contributed by atoms with E-state index in [4.69, 9.17) is 11.6 Å². The maximum Gasteiger partial charge on any atom is 0.226 e. The maximum absolute atomic E-state index is 13.0. The Morgan fingerprint density at radius 2 is 1.79 bits per heavy atom. The van der Waals surface area contributed by atoms with Gasteiger partial charge in [0.1, 0.15) is 0 Å². The summed E-state index contributed by atoms with van der Waals surface area (Å²) in [6, 6.07) is 26.4. The van der Waals surface area contributed by atoms with Gasteiger partial charge in [-0.3, -0.25) is 9.78 Å². The van der Waals surface area contributed by atoms with Crippen LogP contribution in [0.3, 0.4) is 0 Å². The van der Waals surface area contributed by atoms with Crippen LogP contribution in [0.1, 0.15) is 29.5 Å². The van der Waals surface area contributed by atoms with Crippen LogP contribution < -0.4 is 5.32 Å². The predicted octanol–water partition coefficient (Wildman–Crippen LogP) is 6.37. The summed E-state index contributed by atoms with van der Waals surface area (Å²) < 4.78 is 0. The molecular weight excluding hydrogens is 442 g/mol. The van der Waals surface area contributed by atoms with Crippen molar-refractivity contribution in [3.8, 4) is 0 Å². The van der Waals surface area contributed by atoms with E-state index in [-0.39, 0.29) is 11.4 Å². The van der Waals surface area contributed by atoms with Crippen molar-refractivity contribution in [1.82, 2.24) is 9.88 Å². The highest BCUT2D eigenvalue weighted by Gasteiger charge is 2.38. The van der Waals surface area contributed by atoms with E-state index in [9.17, 15) is 4.79 Å². The molecule has 2 heterocycles. The number of rotatable bonds is 5. The van der Waals surface area contributed by atoms with Gasteiger partial charge in [-0.1, -0.05) is 66.2 Å². The van der Waals surface area contributed by atoms with Crippen molar-refractivity contribution in [3.63, 3.8) is 0 Å². The van der Waals surface area contributed by atoms with Crippen LogP contribution >= 0.6 is 11.6 Å². The quantitative estimate of drug-likeness (QED) is 0.369. The lowest BCUT2D eigenvalue weighted by molar-refractivity contribution is -0.131. The van der Waals surface area contributed by atoms with E-state index in [0.717, 1.165) is 45.6 Å². The van der Waals surface area contributed by atoms with Gasteiger partial charge in [-0.05, 0) is 60.7 Å². The first-order valence-electron chi connectivity index (χ1n) is 11.7. The van der Waals surface area contributed by atoms with Gasteiger partial charge < -0.3 is 10.2 Å². The number of fused-ring (bicyclic) bond motifs is 1. The smallest absolute Gasteiger partial charge is 0.226 e. The summed E-state index contributed by atoms with van der Waals surface area (Å²) in [5, 5.41) is 5.72. The van der Waals surface area contributed by atoms with Crippen molar-refractivity contribution < 1.29 is 4.79 Å². The van der Waals surface area contributed by atoms with Crippen LogP contribution in [0, 0.1) is 6.92 Å². The molecule has 1 amide bonds. The van der Waals surface area contributed by atoms with Gasteiger partial charge in [-0.25, -0.2) is 0 Å². The number of pyridine rings is 1. The molecule has 1 saturated heterocycles. The second-order valence-electron chi connectivity index (χ2n) is 9.07. The minimum Gasteiger partial charge on any atom is -0.375 e. The van der Waals surface area contributed by atoms with Gasteiger partial charge in [0.2, 0.25) is 5.91 Å². The van der Waals surface area contributed by atoms with Crippen molar-refractivity contribution in [2.75, 3.05) is 18.4 Å². The third-order valence-electron chi connectivity index (χ3n) is 6.94. The highest BCUT2D eigenvalue weighted by molar-refractivity contribution is 6.31. The zero-order valence-electron chi connectivity index (χ0n) is 19.3. The molecule has 172 valence electrons. The molecular formula is C29H28ClN3O. The Kier molecular flexibility index (Phi) is 6.25. The van der Waals surface area contributed by atoms with Crippen molar-refractivity contribution in [3.05, 3.63) is 107 Å². The second-order valence-corrected chi connectivity index (χ2v) is 9.48. The maximum atomic E-state index is 13.0. The van der Waals surface area contributed by atoms with E-state index in [0.29, 0.717) is 19.5 Å². The summed E-state index contributed by atoms with van der Waals surface area (Å²) in [7, 11) is 0. The van der Waals surface area contributed by atoms with Crippen molar-refractivity contribution >= 4 is 34.1 Å². The Labute approximate surface area is 205 Å². The molecule has 0 saturated carbocycles. The molecule has 5 heteroatoms. The molecule has 1 fully saturated rings. The lowest BCUT2D eigenvalue weighted by atomic mass is 9.78. The number of nitrogens with zero attached hydrogens (tertiary/aromatic N) is 2. The Balaban J connectivity index is 1.42. The molecule has 1 aliphatic rings. The van der Waals surface area contributed by atoms with Gasteiger partial charge in [0.15, 0.2) is 0 Å². The normalized spacial score (nSPS) is 15.3. The zero-order valence-corrected chi connectivity index (χ0v) is 20.1. The number of hydrogen-bond donors (Lipinski definition) is 1. The second kappa shape index (κ2) is 9.47. The fourth-order valence-corrected chi connectivity index (χ4v) is 5.20. The van der Waals surface area contributed by atoms with Gasteiger partial charge in [0, 0.05) is 35.4 Å². The standard InChI is InChI=1S/C29H28ClN3O/c1-21-25(10-5-11-26(21)30)29(32-24-13-12-23-9-6-16-31-27(23)20-24)14-17-33(18-15-29)28(34)19-22-7-3-2-4-8-22/h2-13,16,20,32H,14-15,17-19H2,1H3. The number of likely N-dealkylation sites (tertiary alicyclic amines) is 1. The highest BCUT2D eigenvalue weighted by atomic mass is 35.5. The molecule has 1 aliphatic heterocycles. The largest absolute Gasteiger partial charge is 0.375 e. The number of amides is 1. The van der Waals surface area contributed by atoms with Crippen molar-refractivity contribution in [2.45, 2.75) is 31.7 Å². The number of benzene rings is 3. The zero-order chi connectivity index (χ0) is 23.5. The lowest BCUT2D eigenvalue weighted by Gasteiger charge is -2.44. The Morgan fingerprint density at radius 3 is 2.59 bits per heavy atom. The van der Waals surface area contributed by atoms with E-state index in [1.54, 1.807) is 0 Å². The lowest BCUT2D eigenvalue weighted by Crippen LogP contribution is -2.49. The topological polar surface area (TPSA) is 45.2 Å². The molecule has 4 aromatic rings. The number of hydrogen-bond acceptors (Lipinski definition) is 3. The van der Waals surface area contributed by atoms with Gasteiger partial charge in [0.05, 0.1) is 17.5 Å². The molecule has 0 bridgehead atoms. The average Bonchev–Trinajstić information content (AvgIpc) is 2.86. The van der Waals surface area contributed by atoms with Crippen LogP contribution in [0.5, 0.6) is 0 Å². The predicted molar refractivity (Wildman–Crippen MR) is 139 cm³/mol. The molecule has 5 rings (SSSR count). The van der Waals surface area contributed by atoms with Crippen LogP contribution in [0.2, 0.25) is 5.02 Å². The van der Waals surface area contributed by atoms with Crippen molar-refractivity contribution in [1.29, 1.82) is 0 Å². The summed E-state index contributed by atoms with van der Waals surface area (Å²) in [6.07, 6.45) is 3.86. The first-order chi connectivity index (χ1) is 16.5. The summed E-state index contributed by atoms with van der Waals surface area (Å²) in [4.78, 5) is 19.5. The first-order valence-corrected chi connectivity index (χ1v) is 12.1. The summed E-state index contributed by atoms with van der Waals surface area (Å²) in [5.74, 6) is 0.178. The van der Waals surface area contributed by atoms with Gasteiger partial charge in [-0.2, -0.15) is 0 Å². The van der Waals surface area contributed by atoms with Crippen LogP contribution in [-0.2, 0) is 16.8 Å². The third-order valence-corrected chi connectivity index (χ3v) is 7.35. The van der Waals surface area contributed by atoms with Crippen LogP contribution in [0.15, 0.2) is 85.1 Å². The number of aromatic nitrogens is 1. The molecule has 1 aromatic heterocycles. The third kappa shape index (κ3) is 4.51.